The average Bonchev–Trinajstić information content (AvgIpc) is 2.51. The van der Waals surface area contributed by atoms with Crippen LogP contribution in [0, 0.1) is 6.92 Å². The monoisotopic (exact) mass is 249 g/mol. The fourth-order valence-electron chi connectivity index (χ4n) is 1.15. The lowest BCUT2D eigenvalue weighted by molar-refractivity contribution is 0.110. The summed E-state index contributed by atoms with van der Waals surface area (Å²) < 4.78 is 29.5. The highest BCUT2D eigenvalue weighted by molar-refractivity contribution is 7.88. The SMILES string of the molecule is CO[C@H](CNS(C)(=O)=O)c1ccc(C)s1. The zero-order valence-corrected chi connectivity index (χ0v) is 10.6. The molecule has 4 nitrogen and oxygen atoms in total. The van der Waals surface area contributed by atoms with Gasteiger partial charge in [0.2, 0.25) is 10.0 Å². The Labute approximate surface area is 94.3 Å². The molecule has 0 radical (unpaired) electrons. The van der Waals surface area contributed by atoms with Crippen molar-refractivity contribution in [3.05, 3.63) is 21.9 Å². The Balaban J connectivity index is 2.65. The molecule has 0 aliphatic carbocycles. The van der Waals surface area contributed by atoms with E-state index in [1.54, 1.807) is 18.4 Å². The number of hydrogen-bond acceptors (Lipinski definition) is 4. The Morgan fingerprint density at radius 3 is 2.60 bits per heavy atom. The maximum Gasteiger partial charge on any atom is 0.208 e. The van der Waals surface area contributed by atoms with Gasteiger partial charge in [-0.1, -0.05) is 0 Å². The zero-order chi connectivity index (χ0) is 11.5. The van der Waals surface area contributed by atoms with Crippen LogP contribution in [-0.2, 0) is 14.8 Å². The van der Waals surface area contributed by atoms with E-state index in [1.165, 1.54) is 4.88 Å². The molecule has 1 rings (SSSR count). The van der Waals surface area contributed by atoms with Gasteiger partial charge in [-0.3, -0.25) is 0 Å². The molecule has 0 saturated carbocycles. The van der Waals surface area contributed by atoms with E-state index in [0.717, 1.165) is 11.1 Å². The molecular weight excluding hydrogens is 234 g/mol. The van der Waals surface area contributed by atoms with Gasteiger partial charge >= 0.3 is 0 Å². The first-order valence-electron chi connectivity index (χ1n) is 4.46. The van der Waals surface area contributed by atoms with Crippen LogP contribution in [0.3, 0.4) is 0 Å². The number of ether oxygens (including phenoxy) is 1. The van der Waals surface area contributed by atoms with Gasteiger partial charge in [-0.2, -0.15) is 0 Å². The van der Waals surface area contributed by atoms with Crippen LogP contribution in [0.4, 0.5) is 0 Å². The highest BCUT2D eigenvalue weighted by atomic mass is 32.2. The average molecular weight is 249 g/mol. The summed E-state index contributed by atoms with van der Waals surface area (Å²) in [5, 5.41) is 0. The minimum Gasteiger partial charge on any atom is -0.375 e. The van der Waals surface area contributed by atoms with E-state index in [2.05, 4.69) is 4.72 Å². The highest BCUT2D eigenvalue weighted by Crippen LogP contribution is 2.24. The predicted octanol–water partition coefficient (Wildman–Crippen LogP) is 1.29. The van der Waals surface area contributed by atoms with Gasteiger partial charge in [0.1, 0.15) is 6.10 Å². The minimum atomic E-state index is -3.16. The normalized spacial score (nSPS) is 14.1. The first-order valence-corrected chi connectivity index (χ1v) is 7.17. The van der Waals surface area contributed by atoms with Crippen molar-refractivity contribution in [3.8, 4) is 0 Å². The van der Waals surface area contributed by atoms with E-state index < -0.39 is 10.0 Å². The molecule has 86 valence electrons. The van der Waals surface area contributed by atoms with Crippen molar-refractivity contribution in [1.82, 2.24) is 4.72 Å². The van der Waals surface area contributed by atoms with E-state index >= 15 is 0 Å². The van der Waals surface area contributed by atoms with Crippen LogP contribution >= 0.6 is 11.3 Å². The lowest BCUT2D eigenvalue weighted by atomic mass is 10.3. The largest absolute Gasteiger partial charge is 0.375 e. The molecule has 0 fully saturated rings. The van der Waals surface area contributed by atoms with E-state index in [9.17, 15) is 8.42 Å². The predicted molar refractivity (Wildman–Crippen MR) is 61.7 cm³/mol. The van der Waals surface area contributed by atoms with Crippen molar-refractivity contribution >= 4 is 21.4 Å². The molecule has 0 bridgehead atoms. The molecule has 1 atom stereocenters. The molecule has 6 heteroatoms. The molecule has 0 aromatic carbocycles. The van der Waals surface area contributed by atoms with Crippen LogP contribution in [0.5, 0.6) is 0 Å². The van der Waals surface area contributed by atoms with E-state index in [4.69, 9.17) is 4.74 Å². The molecule has 0 aliphatic heterocycles. The summed E-state index contributed by atoms with van der Waals surface area (Å²) in [5.74, 6) is 0. The second-order valence-electron chi connectivity index (χ2n) is 3.29. The van der Waals surface area contributed by atoms with Gasteiger partial charge in [0.15, 0.2) is 0 Å². The second-order valence-corrected chi connectivity index (χ2v) is 6.45. The smallest absolute Gasteiger partial charge is 0.208 e. The van der Waals surface area contributed by atoms with Crippen molar-refractivity contribution in [1.29, 1.82) is 0 Å². The molecule has 1 aromatic rings. The van der Waals surface area contributed by atoms with Crippen LogP contribution in [-0.4, -0.2) is 28.3 Å². The van der Waals surface area contributed by atoms with Crippen LogP contribution in [0.25, 0.3) is 0 Å². The minimum absolute atomic E-state index is 0.210. The number of rotatable bonds is 5. The highest BCUT2D eigenvalue weighted by Gasteiger charge is 2.14. The van der Waals surface area contributed by atoms with Crippen LogP contribution < -0.4 is 4.72 Å². The third kappa shape index (κ3) is 4.29. The summed E-state index contributed by atoms with van der Waals surface area (Å²) in [5.41, 5.74) is 0. The van der Waals surface area contributed by atoms with Crippen LogP contribution in [0.15, 0.2) is 12.1 Å². The van der Waals surface area contributed by atoms with Crippen molar-refractivity contribution in [2.75, 3.05) is 19.9 Å². The van der Waals surface area contributed by atoms with E-state index in [-0.39, 0.29) is 12.6 Å². The standard InChI is InChI=1S/C9H15NO3S2/c1-7-4-5-9(14-7)8(13-2)6-10-15(3,11)12/h4-5,8,10H,6H2,1-3H3/t8-/m1/s1. The van der Waals surface area contributed by atoms with Crippen molar-refractivity contribution in [2.24, 2.45) is 0 Å². The van der Waals surface area contributed by atoms with Gasteiger partial charge in [0.25, 0.3) is 0 Å². The summed E-state index contributed by atoms with van der Waals surface area (Å²) in [4.78, 5) is 2.22. The Hall–Kier alpha value is -0.430. The van der Waals surface area contributed by atoms with Crippen molar-refractivity contribution < 1.29 is 13.2 Å². The summed E-state index contributed by atoms with van der Waals surface area (Å²) in [7, 11) is -1.58. The molecular formula is C9H15NO3S2. The van der Waals surface area contributed by atoms with E-state index in [1.807, 2.05) is 19.1 Å². The van der Waals surface area contributed by atoms with Crippen molar-refractivity contribution in [3.63, 3.8) is 0 Å². The zero-order valence-electron chi connectivity index (χ0n) is 8.98. The molecule has 1 N–H and O–H groups in total. The number of methoxy groups -OCH3 is 1. The number of sulfonamides is 1. The number of aryl methyl sites for hydroxylation is 1. The molecule has 15 heavy (non-hydrogen) atoms. The third-order valence-electron chi connectivity index (χ3n) is 1.89. The molecule has 0 aliphatic rings. The van der Waals surface area contributed by atoms with Crippen LogP contribution in [0.1, 0.15) is 15.9 Å². The molecule has 0 spiro atoms. The first kappa shape index (κ1) is 12.6. The maximum atomic E-state index is 10.9. The molecule has 1 aromatic heterocycles. The summed E-state index contributed by atoms with van der Waals surface area (Å²) in [6.45, 7) is 2.28. The Bertz CT molecular complexity index is 411. The Kier molecular flexibility index (Phi) is 4.27. The Morgan fingerprint density at radius 2 is 2.20 bits per heavy atom. The molecule has 0 amide bonds. The Morgan fingerprint density at radius 1 is 1.53 bits per heavy atom. The quantitative estimate of drug-likeness (QED) is 0.855. The summed E-state index contributed by atoms with van der Waals surface area (Å²) in [6.07, 6.45) is 0.928. The van der Waals surface area contributed by atoms with Crippen molar-refractivity contribution in [2.45, 2.75) is 13.0 Å². The molecule has 1 heterocycles. The van der Waals surface area contributed by atoms with Gasteiger partial charge in [-0.05, 0) is 19.1 Å². The number of thiophene rings is 1. The first-order chi connectivity index (χ1) is 6.92. The maximum absolute atomic E-state index is 10.9. The molecule has 0 unspecified atom stereocenters. The van der Waals surface area contributed by atoms with Gasteiger partial charge in [-0.15, -0.1) is 11.3 Å². The van der Waals surface area contributed by atoms with Gasteiger partial charge in [0.05, 0.1) is 6.26 Å². The fraction of sp³-hybridized carbons (Fsp3) is 0.556. The van der Waals surface area contributed by atoms with Crippen LogP contribution in [0.2, 0.25) is 0 Å². The van der Waals surface area contributed by atoms with Gasteiger partial charge < -0.3 is 4.74 Å². The third-order valence-corrected chi connectivity index (χ3v) is 3.68. The summed E-state index contributed by atoms with van der Waals surface area (Å²) >= 11 is 1.61. The topological polar surface area (TPSA) is 55.4 Å². The van der Waals surface area contributed by atoms with E-state index in [0.29, 0.717) is 0 Å². The van der Waals surface area contributed by atoms with Gasteiger partial charge in [-0.25, -0.2) is 13.1 Å². The summed E-state index contributed by atoms with van der Waals surface area (Å²) in [6, 6.07) is 3.95. The van der Waals surface area contributed by atoms with Gasteiger partial charge in [0, 0.05) is 23.4 Å². The number of nitrogens with one attached hydrogen (secondary N) is 1. The lowest BCUT2D eigenvalue weighted by Gasteiger charge is -2.13. The molecule has 0 saturated heterocycles. The fourth-order valence-corrected chi connectivity index (χ4v) is 2.56. The second kappa shape index (κ2) is 5.07. The number of hydrogen-bond donors (Lipinski definition) is 1. The lowest BCUT2D eigenvalue weighted by Crippen LogP contribution is -2.27.